The van der Waals surface area contributed by atoms with Crippen LogP contribution in [0.25, 0.3) is 0 Å². The second kappa shape index (κ2) is 6.86. The van der Waals surface area contributed by atoms with E-state index in [-0.39, 0.29) is 6.04 Å². The lowest BCUT2D eigenvalue weighted by atomic mass is 10.2. The van der Waals surface area contributed by atoms with Gasteiger partial charge in [0.25, 0.3) is 10.2 Å². The third kappa shape index (κ3) is 3.04. The van der Waals surface area contributed by atoms with Crippen LogP contribution in [0.1, 0.15) is 63.6 Å². The molecule has 1 atom stereocenters. The van der Waals surface area contributed by atoms with Gasteiger partial charge in [0.15, 0.2) is 5.82 Å². The molecule has 130 valence electrons. The summed E-state index contributed by atoms with van der Waals surface area (Å²) in [6, 6.07) is -0.167. The van der Waals surface area contributed by atoms with E-state index in [1.807, 2.05) is 13.8 Å². The Kier molecular flexibility index (Phi) is 5.03. The number of aromatic nitrogens is 3. The summed E-state index contributed by atoms with van der Waals surface area (Å²) in [7, 11) is -3.43. The number of nitrogens with zero attached hydrogens (tertiary/aromatic N) is 5. The topological polar surface area (TPSA) is 71.3 Å². The summed E-state index contributed by atoms with van der Waals surface area (Å²) in [5.41, 5.74) is 0. The molecule has 7 nitrogen and oxygen atoms in total. The van der Waals surface area contributed by atoms with Crippen LogP contribution in [0.2, 0.25) is 0 Å². The van der Waals surface area contributed by atoms with Crippen molar-refractivity contribution < 1.29 is 8.42 Å². The number of aryl methyl sites for hydroxylation is 1. The Labute approximate surface area is 138 Å². The zero-order valence-electron chi connectivity index (χ0n) is 14.1. The summed E-state index contributed by atoms with van der Waals surface area (Å²) in [4.78, 5) is 0. The van der Waals surface area contributed by atoms with Crippen molar-refractivity contribution >= 4 is 10.2 Å². The Morgan fingerprint density at radius 2 is 1.87 bits per heavy atom. The smallest absolute Gasteiger partial charge is 0.282 e. The summed E-state index contributed by atoms with van der Waals surface area (Å²) >= 11 is 0. The van der Waals surface area contributed by atoms with Crippen molar-refractivity contribution in [3.63, 3.8) is 0 Å². The number of rotatable bonds is 5. The summed E-state index contributed by atoms with van der Waals surface area (Å²) < 4.78 is 31.2. The Morgan fingerprint density at radius 3 is 2.61 bits per heavy atom. The average molecular weight is 341 g/mol. The molecule has 0 radical (unpaired) electrons. The number of hydrogen-bond acceptors (Lipinski definition) is 4. The van der Waals surface area contributed by atoms with Gasteiger partial charge in [0.2, 0.25) is 0 Å². The fraction of sp³-hybridized carbons (Fsp3) is 0.867. The molecule has 0 spiro atoms. The maximum absolute atomic E-state index is 12.9. The molecular formula is C15H27N5O2S. The predicted octanol–water partition coefficient (Wildman–Crippen LogP) is 1.73. The quantitative estimate of drug-likeness (QED) is 0.818. The normalized spacial score (nSPS) is 23.2. The summed E-state index contributed by atoms with van der Waals surface area (Å²) in [5.74, 6) is 1.86. The molecule has 0 aliphatic carbocycles. The monoisotopic (exact) mass is 341 g/mol. The van der Waals surface area contributed by atoms with Gasteiger partial charge in [-0.2, -0.15) is 17.0 Å². The van der Waals surface area contributed by atoms with Crippen LogP contribution in [-0.2, 0) is 23.2 Å². The van der Waals surface area contributed by atoms with Gasteiger partial charge in [0.05, 0.1) is 6.04 Å². The van der Waals surface area contributed by atoms with Gasteiger partial charge < -0.3 is 4.57 Å². The molecule has 3 rings (SSSR count). The molecule has 8 heteroatoms. The number of hydrogen-bond donors (Lipinski definition) is 0. The SMILES string of the molecule is CCN(CC)S(=O)(=O)N1CCC[C@@H]1c1nnc2n1CCCCC2. The standard InChI is InChI=1S/C15H27N5O2S/c1-3-18(4-2)23(21,22)20-12-8-9-13(20)15-17-16-14-10-6-5-7-11-19(14)15/h13H,3-12H2,1-2H3/t13-/m1/s1. The van der Waals surface area contributed by atoms with E-state index >= 15 is 0 Å². The lowest BCUT2D eigenvalue weighted by molar-refractivity contribution is 0.324. The Morgan fingerprint density at radius 1 is 1.09 bits per heavy atom. The molecule has 0 N–H and O–H groups in total. The molecule has 0 aromatic carbocycles. The predicted molar refractivity (Wildman–Crippen MR) is 88.1 cm³/mol. The van der Waals surface area contributed by atoms with Crippen molar-refractivity contribution in [2.75, 3.05) is 19.6 Å². The lowest BCUT2D eigenvalue weighted by Gasteiger charge is -2.29. The Balaban J connectivity index is 1.92. The van der Waals surface area contributed by atoms with E-state index in [4.69, 9.17) is 0 Å². The van der Waals surface area contributed by atoms with Crippen LogP contribution in [0.3, 0.4) is 0 Å². The van der Waals surface area contributed by atoms with Crippen molar-refractivity contribution in [1.29, 1.82) is 0 Å². The van der Waals surface area contributed by atoms with Gasteiger partial charge >= 0.3 is 0 Å². The minimum Gasteiger partial charge on any atom is -0.314 e. The second-order valence-corrected chi connectivity index (χ2v) is 8.18. The van der Waals surface area contributed by atoms with Crippen LogP contribution in [-0.4, -0.2) is 51.4 Å². The summed E-state index contributed by atoms with van der Waals surface area (Å²) in [6.07, 6.45) is 6.13. The number of fused-ring (bicyclic) bond motifs is 1. The Bertz CT molecular complexity index is 638. The molecule has 0 amide bonds. The van der Waals surface area contributed by atoms with Crippen molar-refractivity contribution in [3.05, 3.63) is 11.6 Å². The van der Waals surface area contributed by atoms with Gasteiger partial charge in [-0.05, 0) is 25.7 Å². The molecule has 1 fully saturated rings. The van der Waals surface area contributed by atoms with Crippen molar-refractivity contribution in [3.8, 4) is 0 Å². The van der Waals surface area contributed by atoms with E-state index in [2.05, 4.69) is 14.8 Å². The van der Waals surface area contributed by atoms with Gasteiger partial charge in [0, 0.05) is 32.6 Å². The van der Waals surface area contributed by atoms with Gasteiger partial charge in [-0.3, -0.25) is 0 Å². The van der Waals surface area contributed by atoms with Gasteiger partial charge in [-0.25, -0.2) is 0 Å². The molecule has 0 bridgehead atoms. The van der Waals surface area contributed by atoms with Gasteiger partial charge in [0.1, 0.15) is 5.82 Å². The van der Waals surface area contributed by atoms with E-state index < -0.39 is 10.2 Å². The van der Waals surface area contributed by atoms with E-state index in [0.717, 1.165) is 50.3 Å². The fourth-order valence-electron chi connectivity index (χ4n) is 3.73. The highest BCUT2D eigenvalue weighted by Crippen LogP contribution is 2.35. The molecule has 1 aromatic rings. The van der Waals surface area contributed by atoms with E-state index in [0.29, 0.717) is 19.6 Å². The van der Waals surface area contributed by atoms with E-state index in [1.165, 1.54) is 10.7 Å². The third-order valence-corrected chi connectivity index (χ3v) is 7.17. The highest BCUT2D eigenvalue weighted by atomic mass is 32.2. The van der Waals surface area contributed by atoms with E-state index in [9.17, 15) is 8.42 Å². The minimum atomic E-state index is -3.43. The Hall–Kier alpha value is -0.990. The first-order valence-electron chi connectivity index (χ1n) is 8.78. The molecule has 1 saturated heterocycles. The maximum atomic E-state index is 12.9. The minimum absolute atomic E-state index is 0.167. The van der Waals surface area contributed by atoms with Crippen LogP contribution in [0.4, 0.5) is 0 Å². The molecule has 23 heavy (non-hydrogen) atoms. The van der Waals surface area contributed by atoms with Crippen LogP contribution in [0, 0.1) is 0 Å². The first-order chi connectivity index (χ1) is 11.1. The molecule has 0 unspecified atom stereocenters. The van der Waals surface area contributed by atoms with Crippen LogP contribution < -0.4 is 0 Å². The molecular weight excluding hydrogens is 314 g/mol. The lowest BCUT2D eigenvalue weighted by Crippen LogP contribution is -2.43. The van der Waals surface area contributed by atoms with Crippen molar-refractivity contribution in [1.82, 2.24) is 23.4 Å². The second-order valence-electron chi connectivity index (χ2n) is 6.30. The largest absolute Gasteiger partial charge is 0.314 e. The molecule has 1 aromatic heterocycles. The fourth-order valence-corrected chi connectivity index (χ4v) is 5.56. The third-order valence-electron chi connectivity index (χ3n) is 4.97. The van der Waals surface area contributed by atoms with Gasteiger partial charge in [-0.15, -0.1) is 10.2 Å². The van der Waals surface area contributed by atoms with Crippen molar-refractivity contribution in [2.45, 2.75) is 65.0 Å². The zero-order valence-corrected chi connectivity index (χ0v) is 14.9. The maximum Gasteiger partial charge on any atom is 0.282 e. The molecule has 3 heterocycles. The summed E-state index contributed by atoms with van der Waals surface area (Å²) in [5, 5.41) is 8.73. The first kappa shape index (κ1) is 16.9. The van der Waals surface area contributed by atoms with Gasteiger partial charge in [-0.1, -0.05) is 20.3 Å². The van der Waals surface area contributed by atoms with Crippen LogP contribution in [0.5, 0.6) is 0 Å². The molecule has 2 aliphatic rings. The van der Waals surface area contributed by atoms with Crippen LogP contribution >= 0.6 is 0 Å². The summed E-state index contributed by atoms with van der Waals surface area (Å²) in [6.45, 7) is 6.25. The molecule has 0 saturated carbocycles. The molecule has 2 aliphatic heterocycles. The van der Waals surface area contributed by atoms with Crippen molar-refractivity contribution in [2.24, 2.45) is 0 Å². The average Bonchev–Trinajstić information content (AvgIpc) is 3.10. The highest BCUT2D eigenvalue weighted by Gasteiger charge is 2.40. The highest BCUT2D eigenvalue weighted by molar-refractivity contribution is 7.86. The van der Waals surface area contributed by atoms with E-state index in [1.54, 1.807) is 4.31 Å². The first-order valence-corrected chi connectivity index (χ1v) is 10.2. The zero-order chi connectivity index (χ0) is 16.4. The van der Waals surface area contributed by atoms with Crippen LogP contribution in [0.15, 0.2) is 0 Å².